The zero-order valence-corrected chi connectivity index (χ0v) is 15.4. The lowest BCUT2D eigenvalue weighted by Crippen LogP contribution is -2.65. The number of rotatable bonds is 0. The second kappa shape index (κ2) is 4.53. The monoisotopic (exact) mass is 362 g/mol. The average molecular weight is 362 g/mol. The molecule has 6 heteroatoms. The van der Waals surface area contributed by atoms with Crippen LogP contribution in [-0.2, 0) is 19.1 Å². The van der Waals surface area contributed by atoms with Gasteiger partial charge in [-0.25, -0.2) is 0 Å². The van der Waals surface area contributed by atoms with Gasteiger partial charge in [-0.3, -0.25) is 9.59 Å². The van der Waals surface area contributed by atoms with Gasteiger partial charge in [-0.2, -0.15) is 0 Å². The molecule has 0 spiro atoms. The molecule has 8 atom stereocenters. The van der Waals surface area contributed by atoms with E-state index in [2.05, 4.69) is 0 Å². The fraction of sp³-hybridized carbons (Fsp3) is 0.800. The Balaban J connectivity index is 1.74. The van der Waals surface area contributed by atoms with E-state index in [1.54, 1.807) is 6.08 Å². The van der Waals surface area contributed by atoms with Crippen molar-refractivity contribution in [3.8, 4) is 0 Å². The predicted molar refractivity (Wildman–Crippen MR) is 89.7 cm³/mol. The van der Waals surface area contributed by atoms with E-state index in [-0.39, 0.29) is 24.3 Å². The van der Waals surface area contributed by atoms with Gasteiger partial charge in [0.15, 0.2) is 0 Å². The minimum absolute atomic E-state index is 0.195. The third-order valence-corrected chi connectivity index (χ3v) is 8.48. The van der Waals surface area contributed by atoms with Crippen molar-refractivity contribution in [2.24, 2.45) is 22.2 Å². The molecule has 26 heavy (non-hydrogen) atoms. The first-order valence-corrected chi connectivity index (χ1v) is 9.62. The molecular weight excluding hydrogens is 336 g/mol. The van der Waals surface area contributed by atoms with Gasteiger partial charge in [0.05, 0.1) is 11.5 Å². The van der Waals surface area contributed by atoms with Crippen LogP contribution in [0.3, 0.4) is 0 Å². The van der Waals surface area contributed by atoms with Gasteiger partial charge < -0.3 is 19.7 Å². The van der Waals surface area contributed by atoms with Crippen LogP contribution in [0.5, 0.6) is 0 Å². The maximum Gasteiger partial charge on any atom is 0.312 e. The molecule has 6 nitrogen and oxygen atoms in total. The third-order valence-electron chi connectivity index (χ3n) is 8.48. The van der Waals surface area contributed by atoms with E-state index in [4.69, 9.17) is 9.47 Å². The number of aliphatic hydroxyl groups is 2. The summed E-state index contributed by atoms with van der Waals surface area (Å²) in [7, 11) is 0. The number of carbonyl (C=O) groups is 2. The van der Waals surface area contributed by atoms with Crippen LogP contribution in [0.25, 0.3) is 0 Å². The maximum absolute atomic E-state index is 12.6. The molecule has 142 valence electrons. The van der Waals surface area contributed by atoms with Crippen LogP contribution in [0.4, 0.5) is 0 Å². The van der Waals surface area contributed by atoms with E-state index in [0.717, 1.165) is 12.8 Å². The largest absolute Gasteiger partial charge is 0.457 e. The van der Waals surface area contributed by atoms with Crippen LogP contribution in [-0.4, -0.2) is 46.1 Å². The molecule has 0 radical (unpaired) electrons. The van der Waals surface area contributed by atoms with Crippen LogP contribution in [0.2, 0.25) is 0 Å². The summed E-state index contributed by atoms with van der Waals surface area (Å²) >= 11 is 0. The van der Waals surface area contributed by atoms with Gasteiger partial charge in [0, 0.05) is 28.7 Å². The SMILES string of the molecule is C[C@]12CCC(=O)O[C@H]1C1=C[C@H]3OC(=O)[C@@]4(C)CCC[C@@](C)([C@H]34)[C@]1(O)[C@H]2O. The first-order chi connectivity index (χ1) is 12.1. The average Bonchev–Trinajstić information content (AvgIpc) is 2.93. The fourth-order valence-electron chi connectivity index (χ4n) is 7.07. The summed E-state index contributed by atoms with van der Waals surface area (Å²) in [6, 6.07) is 0. The maximum atomic E-state index is 12.6. The molecular formula is C20H26O6. The van der Waals surface area contributed by atoms with E-state index in [9.17, 15) is 19.8 Å². The summed E-state index contributed by atoms with van der Waals surface area (Å²) in [5, 5.41) is 23.4. The van der Waals surface area contributed by atoms with Crippen molar-refractivity contribution in [1.29, 1.82) is 0 Å². The van der Waals surface area contributed by atoms with Crippen molar-refractivity contribution in [3.63, 3.8) is 0 Å². The lowest BCUT2D eigenvalue weighted by Gasteiger charge is -2.58. The highest BCUT2D eigenvalue weighted by molar-refractivity contribution is 5.81. The Bertz CT molecular complexity index is 759. The molecule has 0 unspecified atom stereocenters. The highest BCUT2D eigenvalue weighted by Gasteiger charge is 2.78. The molecule has 2 saturated carbocycles. The first kappa shape index (κ1) is 16.8. The van der Waals surface area contributed by atoms with Crippen molar-refractivity contribution >= 4 is 11.9 Å². The number of aliphatic hydroxyl groups excluding tert-OH is 1. The number of carbonyl (C=O) groups excluding carboxylic acids is 2. The van der Waals surface area contributed by atoms with E-state index in [1.165, 1.54) is 0 Å². The van der Waals surface area contributed by atoms with Crippen LogP contribution in [0, 0.1) is 22.2 Å². The van der Waals surface area contributed by atoms with E-state index in [0.29, 0.717) is 18.4 Å². The molecule has 3 aliphatic carbocycles. The molecule has 0 aromatic carbocycles. The molecule has 0 aromatic heterocycles. The Kier molecular flexibility index (Phi) is 2.92. The third kappa shape index (κ3) is 1.51. The Labute approximate surface area is 152 Å². The summed E-state index contributed by atoms with van der Waals surface area (Å²) in [6.45, 7) is 5.79. The lowest BCUT2D eigenvalue weighted by molar-refractivity contribution is -0.199. The second-order valence-corrected chi connectivity index (χ2v) is 9.70. The molecule has 5 aliphatic rings. The summed E-state index contributed by atoms with van der Waals surface area (Å²) in [4.78, 5) is 24.6. The van der Waals surface area contributed by atoms with Gasteiger partial charge in [0.1, 0.15) is 17.8 Å². The molecule has 4 fully saturated rings. The molecule has 0 aromatic rings. The number of esters is 2. The molecule has 2 N–H and O–H groups in total. The number of hydrogen-bond donors (Lipinski definition) is 2. The molecule has 2 saturated heterocycles. The smallest absolute Gasteiger partial charge is 0.312 e. The van der Waals surface area contributed by atoms with Crippen molar-refractivity contribution in [2.45, 2.75) is 76.8 Å². The van der Waals surface area contributed by atoms with Gasteiger partial charge in [0.2, 0.25) is 0 Å². The van der Waals surface area contributed by atoms with Crippen LogP contribution >= 0.6 is 0 Å². The second-order valence-electron chi connectivity index (χ2n) is 9.70. The summed E-state index contributed by atoms with van der Waals surface area (Å²) in [5.41, 5.74) is -3.08. The lowest BCUT2D eigenvalue weighted by atomic mass is 9.46. The molecule has 2 aliphatic heterocycles. The number of fused-ring (bicyclic) bond motifs is 4. The van der Waals surface area contributed by atoms with Crippen molar-refractivity contribution in [3.05, 3.63) is 11.6 Å². The van der Waals surface area contributed by atoms with Crippen molar-refractivity contribution < 1.29 is 29.3 Å². The Morgan fingerprint density at radius 3 is 2.58 bits per heavy atom. The molecule has 5 rings (SSSR count). The van der Waals surface area contributed by atoms with Crippen LogP contribution < -0.4 is 0 Å². The van der Waals surface area contributed by atoms with E-state index >= 15 is 0 Å². The Hall–Kier alpha value is -1.40. The van der Waals surface area contributed by atoms with Gasteiger partial charge in [-0.05, 0) is 32.3 Å². The highest BCUT2D eigenvalue weighted by Crippen LogP contribution is 2.70. The minimum Gasteiger partial charge on any atom is -0.457 e. The van der Waals surface area contributed by atoms with Crippen LogP contribution in [0.15, 0.2) is 11.6 Å². The van der Waals surface area contributed by atoms with Crippen molar-refractivity contribution in [2.75, 3.05) is 0 Å². The zero-order chi connectivity index (χ0) is 18.7. The van der Waals surface area contributed by atoms with Gasteiger partial charge >= 0.3 is 11.9 Å². The van der Waals surface area contributed by atoms with Gasteiger partial charge in [0.25, 0.3) is 0 Å². The number of hydrogen-bond acceptors (Lipinski definition) is 6. The normalized spacial score (nSPS) is 57.5. The highest BCUT2D eigenvalue weighted by atomic mass is 16.6. The Morgan fingerprint density at radius 2 is 1.85 bits per heavy atom. The summed E-state index contributed by atoms with van der Waals surface area (Å²) < 4.78 is 11.4. The first-order valence-electron chi connectivity index (χ1n) is 9.62. The quantitative estimate of drug-likeness (QED) is 0.501. The number of ether oxygens (including phenoxy) is 2. The van der Waals surface area contributed by atoms with E-state index in [1.807, 2.05) is 20.8 Å². The Morgan fingerprint density at radius 1 is 1.12 bits per heavy atom. The predicted octanol–water partition coefficient (Wildman–Crippen LogP) is 1.48. The standard InChI is InChI=1S/C20H26O6/c1-17-6-4-7-19(3)13(17)11(25-16(17)23)9-10-14-18(2,8-5-12(21)26-14)15(22)20(10,19)24/h9,11,13-15,22,24H,4-8H2,1-3H3/t11-,13-,14+,15+,17+,18+,19+,20-/m1/s1. The minimum atomic E-state index is -1.52. The zero-order valence-electron chi connectivity index (χ0n) is 15.4. The molecule has 0 amide bonds. The summed E-state index contributed by atoms with van der Waals surface area (Å²) in [6.07, 6.45) is 2.53. The molecule has 0 bridgehead atoms. The van der Waals surface area contributed by atoms with Gasteiger partial charge in [-0.15, -0.1) is 0 Å². The fourth-order valence-corrected chi connectivity index (χ4v) is 7.07. The van der Waals surface area contributed by atoms with E-state index < -0.39 is 40.2 Å². The van der Waals surface area contributed by atoms with Crippen molar-refractivity contribution in [1.82, 2.24) is 0 Å². The topological polar surface area (TPSA) is 93.1 Å². The molecule has 2 heterocycles. The van der Waals surface area contributed by atoms with Crippen LogP contribution in [0.1, 0.15) is 52.9 Å². The van der Waals surface area contributed by atoms with Gasteiger partial charge in [-0.1, -0.05) is 20.3 Å². The summed E-state index contributed by atoms with van der Waals surface area (Å²) in [5.74, 6) is -0.732.